The van der Waals surface area contributed by atoms with E-state index < -0.39 is 37.5 Å². The maximum Gasteiger partial charge on any atom is 0.293 e. The summed E-state index contributed by atoms with van der Waals surface area (Å²) < 4.78 is 41.1. The quantitative estimate of drug-likeness (QED) is 0.0469. The van der Waals surface area contributed by atoms with Crippen molar-refractivity contribution in [3.63, 3.8) is 0 Å². The molecule has 11 nitrogen and oxygen atoms in total. The van der Waals surface area contributed by atoms with Gasteiger partial charge in [-0.25, -0.2) is 17.5 Å². The van der Waals surface area contributed by atoms with Crippen LogP contribution in [0.1, 0.15) is 10.4 Å². The summed E-state index contributed by atoms with van der Waals surface area (Å²) in [6.45, 7) is -0.0104. The lowest BCUT2D eigenvalue weighted by atomic mass is 10.0. The Balaban J connectivity index is 1.50. The summed E-state index contributed by atoms with van der Waals surface area (Å²) >= 11 is 1.45. The number of hydrogen-bond acceptors (Lipinski definition) is 8. The molecule has 0 aliphatic heterocycles. The predicted octanol–water partition coefficient (Wildman–Crippen LogP) is 6.40. The summed E-state index contributed by atoms with van der Waals surface area (Å²) in [4.78, 5) is 27.1. The van der Waals surface area contributed by atoms with Crippen molar-refractivity contribution in [3.8, 4) is 11.1 Å². The van der Waals surface area contributed by atoms with Crippen LogP contribution < -0.4 is 10.0 Å². The molecule has 0 radical (unpaired) electrons. The minimum Gasteiger partial charge on any atom is -0.376 e. The zero-order valence-corrected chi connectivity index (χ0v) is 23.4. The number of benzene rings is 4. The normalized spacial score (nSPS) is 11.6. The van der Waals surface area contributed by atoms with Gasteiger partial charge in [-0.2, -0.15) is 0 Å². The van der Waals surface area contributed by atoms with E-state index in [4.69, 9.17) is 5.53 Å². The number of nitrogens with zero attached hydrogens (tertiary/aromatic N) is 4. The van der Waals surface area contributed by atoms with Gasteiger partial charge in [0.2, 0.25) is 0 Å². The van der Waals surface area contributed by atoms with E-state index in [0.29, 0.717) is 16.9 Å². The lowest BCUT2D eigenvalue weighted by Gasteiger charge is -2.18. The fourth-order valence-corrected chi connectivity index (χ4v) is 5.78. The van der Waals surface area contributed by atoms with Gasteiger partial charge in [0, 0.05) is 39.8 Å². The second kappa shape index (κ2) is 13.6. The van der Waals surface area contributed by atoms with E-state index in [-0.39, 0.29) is 23.6 Å². The van der Waals surface area contributed by atoms with Crippen LogP contribution >= 0.6 is 11.8 Å². The first-order valence-corrected chi connectivity index (χ1v) is 14.8. The molecule has 0 heterocycles. The number of sulfonamides is 1. The summed E-state index contributed by atoms with van der Waals surface area (Å²) in [5, 5.41) is 18.4. The molecule has 0 saturated heterocycles. The van der Waals surface area contributed by atoms with Crippen molar-refractivity contribution in [2.24, 2.45) is 5.11 Å². The number of azide groups is 1. The van der Waals surface area contributed by atoms with Crippen LogP contribution in [-0.2, 0) is 10.0 Å². The fourth-order valence-electron chi connectivity index (χ4n) is 3.86. The summed E-state index contributed by atoms with van der Waals surface area (Å²) in [5.74, 6) is -0.923. The Bertz CT molecular complexity index is 1730. The number of nitrogens with one attached hydrogen (secondary N) is 2. The Labute approximate surface area is 244 Å². The lowest BCUT2D eigenvalue weighted by Crippen LogP contribution is -2.30. The molecule has 0 saturated carbocycles. The van der Waals surface area contributed by atoms with Crippen LogP contribution in [0.25, 0.3) is 21.6 Å². The highest BCUT2D eigenvalue weighted by atomic mass is 32.2. The van der Waals surface area contributed by atoms with Gasteiger partial charge in [0.1, 0.15) is 11.5 Å². The number of anilines is 1. The molecule has 2 N–H and O–H groups in total. The number of rotatable bonds is 12. The van der Waals surface area contributed by atoms with E-state index in [1.54, 1.807) is 24.3 Å². The summed E-state index contributed by atoms with van der Waals surface area (Å²) in [7, 11) is -4.48. The third-order valence-corrected chi connectivity index (χ3v) is 8.45. The number of thioether (sulfide) groups is 1. The van der Waals surface area contributed by atoms with Crippen LogP contribution in [0.5, 0.6) is 0 Å². The Hall–Kier alpha value is -4.91. The average molecular weight is 607 g/mol. The molecule has 4 aromatic carbocycles. The molecule has 0 bridgehead atoms. The number of halogens is 1. The van der Waals surface area contributed by atoms with E-state index in [9.17, 15) is 27.7 Å². The van der Waals surface area contributed by atoms with Crippen molar-refractivity contribution >= 4 is 39.1 Å². The van der Waals surface area contributed by atoms with Crippen molar-refractivity contribution in [1.82, 2.24) is 4.72 Å². The van der Waals surface area contributed by atoms with Gasteiger partial charge in [-0.1, -0.05) is 47.6 Å². The molecular weight excluding hydrogens is 583 g/mol. The molecule has 1 amide bonds. The molecule has 0 aliphatic rings. The molecule has 0 aliphatic carbocycles. The van der Waals surface area contributed by atoms with Gasteiger partial charge in [-0.15, -0.1) is 11.8 Å². The van der Waals surface area contributed by atoms with Gasteiger partial charge in [-0.3, -0.25) is 14.9 Å². The zero-order chi connectivity index (χ0) is 30.1. The van der Waals surface area contributed by atoms with E-state index in [1.165, 1.54) is 42.1 Å². The monoisotopic (exact) mass is 606 g/mol. The maximum atomic E-state index is 13.2. The first-order chi connectivity index (χ1) is 20.2. The molecule has 1 unspecified atom stereocenters. The number of hydrogen-bond donors (Lipinski definition) is 2. The van der Waals surface area contributed by atoms with Gasteiger partial charge in [0.15, 0.2) is 0 Å². The van der Waals surface area contributed by atoms with Gasteiger partial charge < -0.3 is 5.32 Å². The highest BCUT2D eigenvalue weighted by Gasteiger charge is 2.25. The van der Waals surface area contributed by atoms with Crippen LogP contribution in [0, 0.1) is 15.9 Å². The minimum atomic E-state index is -4.48. The minimum absolute atomic E-state index is 0.0104. The van der Waals surface area contributed by atoms with Crippen LogP contribution in [0.4, 0.5) is 15.8 Å². The predicted molar refractivity (Wildman–Crippen MR) is 158 cm³/mol. The van der Waals surface area contributed by atoms with Crippen molar-refractivity contribution in [2.45, 2.75) is 15.8 Å². The van der Waals surface area contributed by atoms with Crippen LogP contribution in [0.3, 0.4) is 0 Å². The zero-order valence-electron chi connectivity index (χ0n) is 21.8. The molecule has 214 valence electrons. The Morgan fingerprint density at radius 1 is 1.00 bits per heavy atom. The summed E-state index contributed by atoms with van der Waals surface area (Å²) in [6.07, 6.45) is 0. The number of amides is 1. The first kappa shape index (κ1) is 30.1. The first-order valence-electron chi connectivity index (χ1n) is 12.3. The van der Waals surface area contributed by atoms with Gasteiger partial charge >= 0.3 is 0 Å². The van der Waals surface area contributed by atoms with E-state index in [0.717, 1.165) is 17.0 Å². The highest BCUT2D eigenvalue weighted by molar-refractivity contribution is 7.99. The molecule has 42 heavy (non-hydrogen) atoms. The standard InChI is InChI=1S/C28H23FN6O5S2/c29-22-12-10-20(11-13-22)19-6-8-21(9-7-19)28(36)33-42(39,40)25-14-15-26(27(16-25)35(37)38)32-23(17-31-34-30)18-41-24-4-2-1-3-5-24/h1-16,23,32H,17-18H2,(H,33,36). The van der Waals surface area contributed by atoms with Crippen molar-refractivity contribution in [1.29, 1.82) is 0 Å². The van der Waals surface area contributed by atoms with Crippen molar-refractivity contribution in [3.05, 3.63) is 129 Å². The third-order valence-electron chi connectivity index (χ3n) is 5.95. The van der Waals surface area contributed by atoms with Crippen LogP contribution in [0.15, 0.2) is 112 Å². The second-order valence-electron chi connectivity index (χ2n) is 8.83. The third kappa shape index (κ3) is 7.85. The average Bonchev–Trinajstić information content (AvgIpc) is 2.99. The van der Waals surface area contributed by atoms with E-state index >= 15 is 0 Å². The van der Waals surface area contributed by atoms with E-state index in [1.807, 2.05) is 35.1 Å². The smallest absolute Gasteiger partial charge is 0.293 e. The Kier molecular flexibility index (Phi) is 9.76. The number of nitro benzene ring substituents is 1. The molecule has 4 rings (SSSR count). The molecule has 4 aromatic rings. The molecule has 0 aromatic heterocycles. The Morgan fingerprint density at radius 3 is 2.26 bits per heavy atom. The SMILES string of the molecule is [N-]=[N+]=NCC(CSc1ccccc1)Nc1ccc(S(=O)(=O)NC(=O)c2ccc(-c3ccc(F)cc3)cc2)cc1[N+](=O)[O-]. The van der Waals surface area contributed by atoms with Gasteiger partial charge in [0.25, 0.3) is 21.6 Å². The molecule has 0 spiro atoms. The summed E-state index contributed by atoms with van der Waals surface area (Å²) in [5.41, 5.74) is 9.68. The molecular formula is C28H23FN6O5S2. The molecule has 0 fully saturated rings. The van der Waals surface area contributed by atoms with Crippen LogP contribution in [-0.4, -0.2) is 37.6 Å². The van der Waals surface area contributed by atoms with Gasteiger partial charge in [0.05, 0.1) is 9.82 Å². The highest BCUT2D eigenvalue weighted by Crippen LogP contribution is 2.30. The fraction of sp³-hybridized carbons (Fsp3) is 0.107. The van der Waals surface area contributed by atoms with E-state index in [2.05, 4.69) is 15.3 Å². The lowest BCUT2D eigenvalue weighted by molar-refractivity contribution is -0.384. The van der Waals surface area contributed by atoms with Crippen molar-refractivity contribution < 1.29 is 22.5 Å². The van der Waals surface area contributed by atoms with Crippen molar-refractivity contribution in [2.75, 3.05) is 17.6 Å². The Morgan fingerprint density at radius 2 is 1.64 bits per heavy atom. The van der Waals surface area contributed by atoms with Crippen LogP contribution in [0.2, 0.25) is 0 Å². The summed E-state index contributed by atoms with van der Waals surface area (Å²) in [6, 6.07) is 23.8. The number of carbonyl (C=O) groups is 1. The number of nitro groups is 1. The second-order valence-corrected chi connectivity index (χ2v) is 11.6. The number of carbonyl (C=O) groups excluding carboxylic acids is 1. The molecule has 14 heteroatoms. The topological polar surface area (TPSA) is 167 Å². The largest absolute Gasteiger partial charge is 0.376 e. The maximum absolute atomic E-state index is 13.2. The van der Waals surface area contributed by atoms with Gasteiger partial charge in [-0.05, 0) is 65.2 Å². The molecule has 1 atom stereocenters.